The topological polar surface area (TPSA) is 76.7 Å². The molecule has 0 aliphatic carbocycles. The van der Waals surface area contributed by atoms with Crippen LogP contribution in [-0.4, -0.2) is 17.9 Å². The van der Waals surface area contributed by atoms with E-state index in [9.17, 15) is 9.59 Å². The number of hydrogen-bond donors (Lipinski definition) is 2. The van der Waals surface area contributed by atoms with Gasteiger partial charge < -0.3 is 9.47 Å². The fraction of sp³-hybridized carbons (Fsp3) is 0.167. The van der Waals surface area contributed by atoms with E-state index in [1.165, 1.54) is 0 Å². The first-order chi connectivity index (χ1) is 14.7. The van der Waals surface area contributed by atoms with Gasteiger partial charge in [-0.1, -0.05) is 55.5 Å². The highest BCUT2D eigenvalue weighted by atomic mass is 16.5. The zero-order valence-electron chi connectivity index (χ0n) is 16.7. The average molecular weight is 404 g/mol. The van der Waals surface area contributed by atoms with Crippen molar-refractivity contribution in [3.05, 3.63) is 96.1 Å². The van der Waals surface area contributed by atoms with E-state index in [1.54, 1.807) is 36.4 Å². The lowest BCUT2D eigenvalue weighted by Gasteiger charge is -2.17. The molecule has 0 saturated heterocycles. The second-order valence-electron chi connectivity index (χ2n) is 6.57. The molecule has 30 heavy (non-hydrogen) atoms. The van der Waals surface area contributed by atoms with Crippen molar-refractivity contribution >= 4 is 11.8 Å². The van der Waals surface area contributed by atoms with Gasteiger partial charge in [-0.2, -0.15) is 0 Å². The lowest BCUT2D eigenvalue weighted by Crippen LogP contribution is -2.47. The molecule has 3 rings (SSSR count). The Morgan fingerprint density at radius 2 is 1.43 bits per heavy atom. The lowest BCUT2D eigenvalue weighted by molar-refractivity contribution is -0.128. The van der Waals surface area contributed by atoms with E-state index >= 15 is 0 Å². The van der Waals surface area contributed by atoms with Crippen LogP contribution in [0.1, 0.15) is 29.3 Å². The van der Waals surface area contributed by atoms with Gasteiger partial charge in [-0.3, -0.25) is 20.4 Å². The zero-order valence-corrected chi connectivity index (χ0v) is 16.7. The van der Waals surface area contributed by atoms with Crippen molar-refractivity contribution in [3.63, 3.8) is 0 Å². The number of nitrogens with one attached hydrogen (secondary N) is 2. The van der Waals surface area contributed by atoms with Crippen molar-refractivity contribution in [3.8, 4) is 11.5 Å². The van der Waals surface area contributed by atoms with E-state index in [2.05, 4.69) is 10.9 Å². The van der Waals surface area contributed by atoms with Gasteiger partial charge in [0.2, 0.25) is 0 Å². The van der Waals surface area contributed by atoms with E-state index in [0.29, 0.717) is 30.1 Å². The molecule has 0 fully saturated rings. The molecule has 0 spiro atoms. The van der Waals surface area contributed by atoms with Crippen LogP contribution in [0.15, 0.2) is 84.9 Å². The van der Waals surface area contributed by atoms with Crippen LogP contribution in [0.2, 0.25) is 0 Å². The molecule has 3 aromatic carbocycles. The summed E-state index contributed by atoms with van der Waals surface area (Å²) in [6.45, 7) is 2.28. The van der Waals surface area contributed by atoms with E-state index in [4.69, 9.17) is 9.47 Å². The molecule has 1 atom stereocenters. The predicted molar refractivity (Wildman–Crippen MR) is 114 cm³/mol. The van der Waals surface area contributed by atoms with Crippen molar-refractivity contribution in [2.45, 2.75) is 26.1 Å². The summed E-state index contributed by atoms with van der Waals surface area (Å²) < 4.78 is 11.4. The Hall–Kier alpha value is -3.80. The third-order valence-electron chi connectivity index (χ3n) is 4.35. The van der Waals surface area contributed by atoms with Gasteiger partial charge in [0, 0.05) is 5.56 Å². The quantitative estimate of drug-likeness (QED) is 0.559. The summed E-state index contributed by atoms with van der Waals surface area (Å²) in [5, 5.41) is 0. The number of para-hydroxylation sites is 1. The minimum Gasteiger partial charge on any atom is -0.489 e. The van der Waals surface area contributed by atoms with Crippen LogP contribution in [0.3, 0.4) is 0 Å². The first kappa shape index (κ1) is 20.9. The van der Waals surface area contributed by atoms with Crippen molar-refractivity contribution in [1.29, 1.82) is 0 Å². The van der Waals surface area contributed by atoms with Crippen LogP contribution in [0, 0.1) is 0 Å². The largest absolute Gasteiger partial charge is 0.489 e. The maximum Gasteiger partial charge on any atom is 0.279 e. The van der Waals surface area contributed by atoms with Crippen LogP contribution >= 0.6 is 0 Å². The van der Waals surface area contributed by atoms with Gasteiger partial charge in [-0.05, 0) is 48.4 Å². The van der Waals surface area contributed by atoms with Crippen molar-refractivity contribution < 1.29 is 19.1 Å². The molecule has 0 heterocycles. The minimum absolute atomic E-state index is 0.402. The maximum atomic E-state index is 12.3. The van der Waals surface area contributed by atoms with Crippen LogP contribution in [-0.2, 0) is 11.4 Å². The summed E-state index contributed by atoms with van der Waals surface area (Å²) >= 11 is 0. The van der Waals surface area contributed by atoms with Gasteiger partial charge in [0.1, 0.15) is 18.1 Å². The Kier molecular flexibility index (Phi) is 7.44. The molecule has 0 aliphatic rings. The van der Waals surface area contributed by atoms with Crippen LogP contribution in [0.5, 0.6) is 11.5 Å². The van der Waals surface area contributed by atoms with Gasteiger partial charge >= 0.3 is 0 Å². The summed E-state index contributed by atoms with van der Waals surface area (Å²) in [6, 6.07) is 25.6. The summed E-state index contributed by atoms with van der Waals surface area (Å²) in [7, 11) is 0. The Morgan fingerprint density at radius 1 is 0.800 bits per heavy atom. The second-order valence-corrected chi connectivity index (χ2v) is 6.57. The van der Waals surface area contributed by atoms with Gasteiger partial charge in [0.25, 0.3) is 11.8 Å². The molecule has 154 valence electrons. The molecule has 0 radical (unpaired) electrons. The Labute approximate surface area is 175 Å². The number of amides is 2. The van der Waals surface area contributed by atoms with Gasteiger partial charge in [-0.15, -0.1) is 0 Å². The smallest absolute Gasteiger partial charge is 0.279 e. The number of hydrazine groups is 1. The Balaban J connectivity index is 1.48. The normalized spacial score (nSPS) is 11.2. The highest BCUT2D eigenvalue weighted by molar-refractivity contribution is 5.95. The van der Waals surface area contributed by atoms with Gasteiger partial charge in [-0.25, -0.2) is 0 Å². The van der Waals surface area contributed by atoms with E-state index in [-0.39, 0.29) is 0 Å². The number of ether oxygens (including phenoxy) is 2. The minimum atomic E-state index is -0.707. The molecule has 0 saturated carbocycles. The first-order valence-electron chi connectivity index (χ1n) is 9.74. The number of carbonyl (C=O) groups excluding carboxylic acids is 2. The number of benzene rings is 3. The lowest BCUT2D eigenvalue weighted by atomic mass is 10.2. The molecule has 3 aromatic rings. The van der Waals surface area contributed by atoms with Crippen molar-refractivity contribution in [2.75, 3.05) is 0 Å². The molecule has 6 heteroatoms. The SMILES string of the molecule is CCC(Oc1ccccc1)C(=O)NNC(=O)c1ccc(OCc2ccccc2)cc1. The molecule has 0 aliphatic heterocycles. The average Bonchev–Trinajstić information content (AvgIpc) is 2.81. The molecular weight excluding hydrogens is 380 g/mol. The second kappa shape index (κ2) is 10.7. The van der Waals surface area contributed by atoms with E-state index in [0.717, 1.165) is 5.56 Å². The maximum absolute atomic E-state index is 12.3. The van der Waals surface area contributed by atoms with Gasteiger partial charge in [0.15, 0.2) is 6.10 Å². The molecule has 0 bridgehead atoms. The molecule has 2 amide bonds. The third kappa shape index (κ3) is 6.10. The molecule has 1 unspecified atom stereocenters. The standard InChI is InChI=1S/C24H24N2O4/c1-2-22(30-21-11-7-4-8-12-21)24(28)26-25-23(27)19-13-15-20(16-14-19)29-17-18-9-5-3-6-10-18/h3-16,22H,2,17H2,1H3,(H,25,27)(H,26,28). The molecular formula is C24H24N2O4. The zero-order chi connectivity index (χ0) is 21.2. The summed E-state index contributed by atoms with van der Waals surface area (Å²) in [5.74, 6) is 0.406. The molecule has 0 aromatic heterocycles. The van der Waals surface area contributed by atoms with Crippen molar-refractivity contribution in [2.24, 2.45) is 0 Å². The molecule has 6 nitrogen and oxygen atoms in total. The highest BCUT2D eigenvalue weighted by Crippen LogP contribution is 2.15. The predicted octanol–water partition coefficient (Wildman–Crippen LogP) is 3.88. The summed E-state index contributed by atoms with van der Waals surface area (Å²) in [4.78, 5) is 24.6. The summed E-state index contributed by atoms with van der Waals surface area (Å²) in [5.41, 5.74) is 6.30. The van der Waals surface area contributed by atoms with Gasteiger partial charge in [0.05, 0.1) is 0 Å². The number of hydrogen-bond acceptors (Lipinski definition) is 4. The molecule has 2 N–H and O–H groups in total. The Bertz CT molecular complexity index is 944. The first-order valence-corrected chi connectivity index (χ1v) is 9.74. The summed E-state index contributed by atoms with van der Waals surface area (Å²) in [6.07, 6.45) is -0.245. The monoisotopic (exact) mass is 404 g/mol. The number of carbonyl (C=O) groups is 2. The fourth-order valence-electron chi connectivity index (χ4n) is 2.70. The van der Waals surface area contributed by atoms with E-state index in [1.807, 2.05) is 55.5 Å². The number of rotatable bonds is 8. The Morgan fingerprint density at radius 3 is 2.07 bits per heavy atom. The van der Waals surface area contributed by atoms with Crippen LogP contribution < -0.4 is 20.3 Å². The van der Waals surface area contributed by atoms with E-state index < -0.39 is 17.9 Å². The third-order valence-corrected chi connectivity index (χ3v) is 4.35. The van der Waals surface area contributed by atoms with Crippen LogP contribution in [0.4, 0.5) is 0 Å². The fourth-order valence-corrected chi connectivity index (χ4v) is 2.70. The van der Waals surface area contributed by atoms with Crippen LogP contribution in [0.25, 0.3) is 0 Å². The highest BCUT2D eigenvalue weighted by Gasteiger charge is 2.19. The van der Waals surface area contributed by atoms with Crippen molar-refractivity contribution in [1.82, 2.24) is 10.9 Å².